The number of aliphatic hydroxyl groups excluding tert-OH is 1. The number of esters is 1. The molecule has 1 saturated heterocycles. The fourth-order valence-corrected chi connectivity index (χ4v) is 6.37. The molecule has 44 heavy (non-hydrogen) atoms. The first kappa shape index (κ1) is 31.1. The molecule has 0 radical (unpaired) electrons. The normalized spacial score (nSPS) is 21.8. The van der Waals surface area contributed by atoms with Crippen LogP contribution in [-0.2, 0) is 30.0 Å². The zero-order valence-electron chi connectivity index (χ0n) is 23.8. The van der Waals surface area contributed by atoms with E-state index >= 15 is 0 Å². The summed E-state index contributed by atoms with van der Waals surface area (Å²) in [5, 5.41) is 14.9. The third-order valence-electron chi connectivity index (χ3n) is 7.11. The van der Waals surface area contributed by atoms with Crippen LogP contribution in [0, 0.1) is 0 Å². The van der Waals surface area contributed by atoms with Gasteiger partial charge in [-0.1, -0.05) is 72.8 Å². The third-order valence-corrected chi connectivity index (χ3v) is 8.72. The first-order valence-corrected chi connectivity index (χ1v) is 15.4. The average Bonchev–Trinajstić information content (AvgIpc) is 3.36. The number of fused-ring (bicyclic) bond motifs is 1. The number of aliphatic hydroxyl groups is 1. The molecule has 4 aromatic rings. The number of nitrogens with zero attached hydrogens (tertiary/aromatic N) is 1. The molecule has 0 saturated carbocycles. The Hall–Kier alpha value is -4.32. The van der Waals surface area contributed by atoms with Gasteiger partial charge in [0.15, 0.2) is 6.23 Å². The molecule has 2 heterocycles. The fraction of sp³-hybridized carbons (Fsp3) is 0.258. The van der Waals surface area contributed by atoms with E-state index in [0.29, 0.717) is 5.39 Å². The first-order chi connectivity index (χ1) is 21.1. The number of aromatic amines is 1. The lowest BCUT2D eigenvalue weighted by molar-refractivity contribution is -0.146. The molecule has 1 fully saturated rings. The number of aromatic nitrogens is 2. The van der Waals surface area contributed by atoms with Gasteiger partial charge >= 0.3 is 19.4 Å². The van der Waals surface area contributed by atoms with Gasteiger partial charge in [-0.15, -0.1) is 6.58 Å². The van der Waals surface area contributed by atoms with E-state index in [0.717, 1.165) is 21.6 Å². The lowest BCUT2D eigenvalue weighted by Crippen LogP contribution is -2.38. The number of ether oxygens (including phenoxy) is 2. The summed E-state index contributed by atoms with van der Waals surface area (Å²) in [5.74, 6) is -0.454. The topological polar surface area (TPSA) is 158 Å². The molecule has 1 unspecified atom stereocenters. The van der Waals surface area contributed by atoms with Crippen LogP contribution in [0.4, 0.5) is 0 Å². The average molecular weight is 622 g/mol. The van der Waals surface area contributed by atoms with Gasteiger partial charge in [-0.2, -0.15) is 5.09 Å². The van der Waals surface area contributed by atoms with Crippen molar-refractivity contribution in [3.05, 3.63) is 124 Å². The van der Waals surface area contributed by atoms with E-state index in [2.05, 4.69) is 16.7 Å². The monoisotopic (exact) mass is 621 g/mol. The molecule has 0 aliphatic carbocycles. The van der Waals surface area contributed by atoms with Gasteiger partial charge in [-0.3, -0.25) is 23.7 Å². The first-order valence-electron chi connectivity index (χ1n) is 13.8. The van der Waals surface area contributed by atoms with Crippen molar-refractivity contribution in [1.29, 1.82) is 0 Å². The molecule has 230 valence electrons. The third kappa shape index (κ3) is 7.07. The van der Waals surface area contributed by atoms with Crippen LogP contribution >= 0.6 is 7.75 Å². The smallest absolute Gasteiger partial charge is 0.459 e. The SMILES string of the molecule is C=C[C@@]1(COP(=O)(N[C@@H](C)C(=O)OCc2ccccc2)Oc2cccc3ccccc23)C[C@@H](O)[C@H](n2ccc(=O)[nH]c2=O)O1. The van der Waals surface area contributed by atoms with Crippen molar-refractivity contribution in [2.75, 3.05) is 6.61 Å². The highest BCUT2D eigenvalue weighted by Gasteiger charge is 2.47. The number of H-pyrrole nitrogens is 1. The van der Waals surface area contributed by atoms with Gasteiger partial charge < -0.3 is 19.1 Å². The molecule has 12 nitrogen and oxygen atoms in total. The molecule has 13 heteroatoms. The maximum Gasteiger partial charge on any atom is 0.459 e. The highest BCUT2D eigenvalue weighted by atomic mass is 31.2. The number of benzene rings is 3. The van der Waals surface area contributed by atoms with E-state index in [9.17, 15) is 24.1 Å². The van der Waals surface area contributed by atoms with Crippen LogP contribution in [-0.4, -0.2) is 45.0 Å². The van der Waals surface area contributed by atoms with E-state index in [4.69, 9.17) is 18.5 Å². The molecular weight excluding hydrogens is 589 g/mol. The zero-order chi connectivity index (χ0) is 31.3. The lowest BCUT2D eigenvalue weighted by atomic mass is 10.0. The van der Waals surface area contributed by atoms with Crippen LogP contribution in [0.3, 0.4) is 0 Å². The Balaban J connectivity index is 1.38. The Morgan fingerprint density at radius 2 is 1.89 bits per heavy atom. The van der Waals surface area contributed by atoms with Crippen molar-refractivity contribution in [3.63, 3.8) is 0 Å². The van der Waals surface area contributed by atoms with E-state index in [1.807, 2.05) is 48.5 Å². The van der Waals surface area contributed by atoms with Crippen molar-refractivity contribution < 1.29 is 33.0 Å². The van der Waals surface area contributed by atoms with Crippen molar-refractivity contribution in [1.82, 2.24) is 14.6 Å². The number of hydrogen-bond acceptors (Lipinski definition) is 9. The van der Waals surface area contributed by atoms with Gasteiger partial charge in [0.1, 0.15) is 30.1 Å². The van der Waals surface area contributed by atoms with Crippen LogP contribution in [0.2, 0.25) is 0 Å². The molecule has 3 N–H and O–H groups in total. The quantitative estimate of drug-likeness (QED) is 0.121. The standard InChI is InChI=1S/C31H32N3O9P/c1-3-31(18-25(35)28(42-31)34-17-16-27(36)32-30(34)38)20-41-44(39,43-26-15-9-13-23-12-7-8-14-24(23)26)33-21(2)29(37)40-19-22-10-5-4-6-11-22/h3-17,21,25,28,35H,1,18-20H2,2H3,(H,33,39)(H,32,36,38)/t21-,25+,28+,31-,44?/m0/s1. The summed E-state index contributed by atoms with van der Waals surface area (Å²) in [6, 6.07) is 21.6. The molecule has 5 atom stereocenters. The number of rotatable bonds is 12. The summed E-state index contributed by atoms with van der Waals surface area (Å²) in [5.41, 5.74) is -2.03. The summed E-state index contributed by atoms with van der Waals surface area (Å²) in [6.07, 6.45) is 0.0774. The van der Waals surface area contributed by atoms with E-state index in [-0.39, 0.29) is 18.8 Å². The van der Waals surface area contributed by atoms with Gasteiger partial charge in [0, 0.05) is 24.1 Å². The van der Waals surface area contributed by atoms with E-state index < -0.39 is 55.5 Å². The number of carbonyl (C=O) groups is 1. The number of carbonyl (C=O) groups excluding carboxylic acids is 1. The summed E-state index contributed by atoms with van der Waals surface area (Å²) in [6.45, 7) is 4.83. The number of hydrogen-bond donors (Lipinski definition) is 3. The summed E-state index contributed by atoms with van der Waals surface area (Å²) >= 11 is 0. The van der Waals surface area contributed by atoms with Crippen LogP contribution in [0.1, 0.15) is 25.1 Å². The zero-order valence-corrected chi connectivity index (χ0v) is 24.7. The summed E-state index contributed by atoms with van der Waals surface area (Å²) < 4.78 is 38.7. The van der Waals surface area contributed by atoms with Crippen molar-refractivity contribution in [3.8, 4) is 5.75 Å². The van der Waals surface area contributed by atoms with Gasteiger partial charge in [-0.05, 0) is 23.9 Å². The lowest BCUT2D eigenvalue weighted by Gasteiger charge is -2.29. The fourth-order valence-electron chi connectivity index (χ4n) is 4.81. The highest BCUT2D eigenvalue weighted by molar-refractivity contribution is 7.52. The van der Waals surface area contributed by atoms with Crippen LogP contribution in [0.25, 0.3) is 10.8 Å². The molecule has 5 rings (SSSR count). The molecule has 0 spiro atoms. The second kappa shape index (κ2) is 13.1. The van der Waals surface area contributed by atoms with E-state index in [1.54, 1.807) is 24.3 Å². The minimum Gasteiger partial charge on any atom is -0.460 e. The van der Waals surface area contributed by atoms with Crippen LogP contribution in [0.15, 0.2) is 107 Å². The van der Waals surface area contributed by atoms with Crippen LogP contribution in [0.5, 0.6) is 5.75 Å². The molecule has 1 aromatic heterocycles. The Labute approximate surface area is 252 Å². The van der Waals surface area contributed by atoms with E-state index in [1.165, 1.54) is 19.2 Å². The van der Waals surface area contributed by atoms with Gasteiger partial charge in [0.05, 0.1) is 6.61 Å². The summed E-state index contributed by atoms with van der Waals surface area (Å²) in [7, 11) is -4.36. The molecule has 3 aromatic carbocycles. The summed E-state index contributed by atoms with van der Waals surface area (Å²) in [4.78, 5) is 38.9. The maximum atomic E-state index is 14.3. The minimum absolute atomic E-state index is 0.0118. The Kier molecular flexibility index (Phi) is 9.28. The van der Waals surface area contributed by atoms with Crippen molar-refractivity contribution >= 4 is 24.5 Å². The molecule has 0 bridgehead atoms. The second-order valence-corrected chi connectivity index (χ2v) is 12.0. The van der Waals surface area contributed by atoms with Gasteiger partial charge in [-0.25, -0.2) is 9.36 Å². The molecule has 1 aliphatic heterocycles. The van der Waals surface area contributed by atoms with Crippen LogP contribution < -0.4 is 20.9 Å². The molecule has 1 aliphatic rings. The van der Waals surface area contributed by atoms with Crippen molar-refractivity contribution in [2.24, 2.45) is 0 Å². The molecule has 0 amide bonds. The Morgan fingerprint density at radius 1 is 1.16 bits per heavy atom. The largest absolute Gasteiger partial charge is 0.460 e. The highest BCUT2D eigenvalue weighted by Crippen LogP contribution is 2.49. The van der Waals surface area contributed by atoms with Crippen molar-refractivity contribution in [2.45, 2.75) is 43.9 Å². The minimum atomic E-state index is -4.36. The second-order valence-electron chi connectivity index (χ2n) is 10.3. The van der Waals surface area contributed by atoms with Gasteiger partial charge in [0.2, 0.25) is 0 Å². The predicted octanol–water partition coefficient (Wildman–Crippen LogP) is 3.82. The Bertz CT molecular complexity index is 1800. The maximum absolute atomic E-state index is 14.3. The Morgan fingerprint density at radius 3 is 2.64 bits per heavy atom. The number of nitrogens with one attached hydrogen (secondary N) is 2. The molecular formula is C31H32N3O9P. The predicted molar refractivity (Wildman–Crippen MR) is 162 cm³/mol. The van der Waals surface area contributed by atoms with Gasteiger partial charge in [0.25, 0.3) is 5.56 Å².